The third kappa shape index (κ3) is 12.4. The molecule has 162 valence electrons. The lowest BCUT2D eigenvalue weighted by Crippen LogP contribution is -2.55. The predicted octanol–water partition coefficient (Wildman–Crippen LogP) is 5.85. The average Bonchev–Trinajstić information content (AvgIpc) is 2.37. The molecule has 0 aromatic rings. The van der Waals surface area contributed by atoms with Gasteiger partial charge in [0.2, 0.25) is 0 Å². The summed E-state index contributed by atoms with van der Waals surface area (Å²) in [6, 6.07) is 0.948. The van der Waals surface area contributed by atoms with Crippen LogP contribution in [-0.4, -0.2) is 46.3 Å². The molecule has 0 aliphatic heterocycles. The molecule has 0 heterocycles. The Morgan fingerprint density at radius 1 is 0.815 bits per heavy atom. The summed E-state index contributed by atoms with van der Waals surface area (Å²) < 4.78 is 24.8. The fraction of sp³-hybridized carbons (Fsp3) is 0.944. The summed E-state index contributed by atoms with van der Waals surface area (Å²) in [6.45, 7) is 25.8. The Balaban J connectivity index is 4.57. The summed E-state index contributed by atoms with van der Waals surface area (Å²) in [4.78, 5) is 12.1. The van der Waals surface area contributed by atoms with Gasteiger partial charge in [0.1, 0.15) is 0 Å². The van der Waals surface area contributed by atoms with Crippen LogP contribution in [0.25, 0.3) is 0 Å². The van der Waals surface area contributed by atoms with Gasteiger partial charge in [-0.15, -0.1) is 0 Å². The lowest BCUT2D eigenvalue weighted by molar-refractivity contribution is -0.154. The maximum Gasteiger partial charge on any atom is 0.312 e. The second-order valence-electron chi connectivity index (χ2n) is 10.5. The maximum atomic E-state index is 12.1. The van der Waals surface area contributed by atoms with Crippen molar-refractivity contribution in [1.82, 2.24) is 0 Å². The molecule has 0 amide bonds. The monoisotopic (exact) mass is 452 g/mol. The van der Waals surface area contributed by atoms with Gasteiger partial charge in [0.15, 0.2) is 16.6 Å². The maximum absolute atomic E-state index is 12.1. The second kappa shape index (κ2) is 9.81. The van der Waals surface area contributed by atoms with Gasteiger partial charge in [0.25, 0.3) is 0 Å². The number of ether oxygens (including phenoxy) is 1. The van der Waals surface area contributed by atoms with Crippen LogP contribution < -0.4 is 0 Å². The summed E-state index contributed by atoms with van der Waals surface area (Å²) in [5.74, 6) is -0.111. The first-order valence-electron chi connectivity index (χ1n) is 10.1. The lowest BCUT2D eigenvalue weighted by Gasteiger charge is -2.40. The van der Waals surface area contributed by atoms with Crippen LogP contribution in [0.5, 0.6) is 0 Å². The standard InChI is InChI=1S/C18H44O5Si4/c1-13-18(2,3)17(19)20-15-14-16-25(7,8)22-27(11,12)23-26(9,10)21-24(4,5)6/h13-16H2,1-12H3. The SMILES string of the molecule is CCC(C)(C)C(=O)OCCC[Si](C)(C)O[Si](C)(C)O[Si](C)(C)O[Si](C)(C)C. The van der Waals surface area contributed by atoms with Crippen LogP contribution in [0.1, 0.15) is 33.6 Å². The zero-order valence-electron chi connectivity index (χ0n) is 19.9. The van der Waals surface area contributed by atoms with E-state index in [9.17, 15) is 4.79 Å². The Hall–Kier alpha value is 0.218. The largest absolute Gasteiger partial charge is 0.465 e. The first kappa shape index (κ1) is 27.2. The summed E-state index contributed by atoms with van der Waals surface area (Å²) in [7, 11) is -8.02. The molecule has 0 bridgehead atoms. The molecule has 27 heavy (non-hydrogen) atoms. The van der Waals surface area contributed by atoms with Gasteiger partial charge in [-0.3, -0.25) is 4.79 Å². The molecule has 0 rings (SSSR count). The van der Waals surface area contributed by atoms with Crippen molar-refractivity contribution < 1.29 is 21.9 Å². The normalized spacial score (nSPS) is 14.4. The number of carbonyl (C=O) groups excluding carboxylic acids is 1. The summed E-state index contributed by atoms with van der Waals surface area (Å²) in [5, 5.41) is 0. The van der Waals surface area contributed by atoms with Crippen molar-refractivity contribution in [1.29, 1.82) is 0 Å². The van der Waals surface area contributed by atoms with E-state index < -0.39 is 39.2 Å². The Labute approximate surface area is 172 Å². The van der Waals surface area contributed by atoms with Gasteiger partial charge in [0.05, 0.1) is 12.0 Å². The van der Waals surface area contributed by atoms with E-state index >= 15 is 0 Å². The van der Waals surface area contributed by atoms with Crippen molar-refractivity contribution in [3.8, 4) is 0 Å². The van der Waals surface area contributed by atoms with Gasteiger partial charge in [-0.25, -0.2) is 0 Å². The first-order valence-corrected chi connectivity index (χ1v) is 22.2. The minimum absolute atomic E-state index is 0.111. The molecule has 0 aliphatic carbocycles. The topological polar surface area (TPSA) is 54.0 Å². The molecular formula is C18H44O5Si4. The molecule has 0 N–H and O–H groups in total. The molecule has 0 atom stereocenters. The van der Waals surface area contributed by atoms with Gasteiger partial charge in [-0.1, -0.05) is 6.92 Å². The number of hydrogen-bond acceptors (Lipinski definition) is 5. The molecule has 0 fully saturated rings. The van der Waals surface area contributed by atoms with E-state index in [2.05, 4.69) is 58.9 Å². The minimum atomic E-state index is -2.28. The van der Waals surface area contributed by atoms with Gasteiger partial charge in [-0.2, -0.15) is 0 Å². The fourth-order valence-electron chi connectivity index (χ4n) is 3.09. The Kier molecular flexibility index (Phi) is 9.89. The highest BCUT2D eigenvalue weighted by Gasteiger charge is 2.42. The highest BCUT2D eigenvalue weighted by Crippen LogP contribution is 2.26. The second-order valence-corrected chi connectivity index (χ2v) is 26.7. The zero-order valence-corrected chi connectivity index (χ0v) is 23.9. The van der Waals surface area contributed by atoms with Crippen molar-refractivity contribution in [2.24, 2.45) is 5.41 Å². The number of esters is 1. The molecular weight excluding hydrogens is 409 g/mol. The fourth-order valence-corrected chi connectivity index (χ4v) is 21.5. The smallest absolute Gasteiger partial charge is 0.312 e. The molecule has 0 aliphatic rings. The van der Waals surface area contributed by atoms with E-state index in [0.29, 0.717) is 6.61 Å². The van der Waals surface area contributed by atoms with Crippen LogP contribution in [0, 0.1) is 5.41 Å². The Morgan fingerprint density at radius 3 is 1.74 bits per heavy atom. The van der Waals surface area contributed by atoms with Crippen LogP contribution >= 0.6 is 0 Å². The van der Waals surface area contributed by atoms with Crippen LogP contribution in [0.4, 0.5) is 0 Å². The summed E-state index contributed by atoms with van der Waals surface area (Å²) in [6.07, 6.45) is 1.62. The predicted molar refractivity (Wildman–Crippen MR) is 124 cm³/mol. The quantitative estimate of drug-likeness (QED) is 0.211. The van der Waals surface area contributed by atoms with Crippen LogP contribution in [-0.2, 0) is 21.9 Å². The third-order valence-electron chi connectivity index (χ3n) is 4.16. The van der Waals surface area contributed by atoms with Crippen molar-refractivity contribution in [2.45, 2.75) is 98.6 Å². The average molecular weight is 453 g/mol. The Morgan fingerprint density at radius 2 is 1.30 bits per heavy atom. The molecule has 0 saturated carbocycles. The van der Waals surface area contributed by atoms with E-state index in [4.69, 9.17) is 17.1 Å². The van der Waals surface area contributed by atoms with Crippen molar-refractivity contribution in [3.05, 3.63) is 0 Å². The molecule has 0 saturated heterocycles. The molecule has 0 aromatic heterocycles. The summed E-state index contributed by atoms with van der Waals surface area (Å²) >= 11 is 0. The van der Waals surface area contributed by atoms with Gasteiger partial charge >= 0.3 is 23.1 Å². The van der Waals surface area contributed by atoms with Crippen molar-refractivity contribution in [3.63, 3.8) is 0 Å². The number of hydrogen-bond donors (Lipinski definition) is 0. The zero-order chi connectivity index (χ0) is 21.7. The lowest BCUT2D eigenvalue weighted by atomic mass is 9.91. The highest BCUT2D eigenvalue weighted by molar-refractivity contribution is 6.89. The van der Waals surface area contributed by atoms with E-state index in [0.717, 1.165) is 18.9 Å². The van der Waals surface area contributed by atoms with Gasteiger partial charge in [-0.05, 0) is 91.7 Å². The van der Waals surface area contributed by atoms with Crippen LogP contribution in [0.3, 0.4) is 0 Å². The van der Waals surface area contributed by atoms with Crippen molar-refractivity contribution >= 4 is 39.7 Å². The molecule has 0 aromatic carbocycles. The van der Waals surface area contributed by atoms with E-state index in [1.165, 1.54) is 0 Å². The minimum Gasteiger partial charge on any atom is -0.465 e. The van der Waals surface area contributed by atoms with Gasteiger partial charge in [0, 0.05) is 0 Å². The third-order valence-corrected chi connectivity index (χ3v) is 18.2. The van der Waals surface area contributed by atoms with Crippen LogP contribution in [0.15, 0.2) is 0 Å². The molecule has 5 nitrogen and oxygen atoms in total. The molecule has 0 spiro atoms. The van der Waals surface area contributed by atoms with Crippen LogP contribution in [0.2, 0.25) is 65.0 Å². The molecule has 0 radical (unpaired) electrons. The van der Waals surface area contributed by atoms with E-state index in [1.807, 2.05) is 20.8 Å². The first-order chi connectivity index (χ1) is 11.8. The number of carbonyl (C=O) groups is 1. The van der Waals surface area contributed by atoms with Crippen molar-refractivity contribution in [2.75, 3.05) is 6.61 Å². The van der Waals surface area contributed by atoms with E-state index in [1.54, 1.807) is 0 Å². The van der Waals surface area contributed by atoms with Gasteiger partial charge < -0.3 is 17.1 Å². The highest BCUT2D eigenvalue weighted by atomic mass is 28.5. The molecule has 0 unspecified atom stereocenters. The molecule has 9 heteroatoms. The summed E-state index contributed by atoms with van der Waals surface area (Å²) in [5.41, 5.74) is -0.404. The number of rotatable bonds is 12. The van der Waals surface area contributed by atoms with E-state index in [-0.39, 0.29) is 5.97 Å². The Bertz CT molecular complexity index is 485.